The fourth-order valence-corrected chi connectivity index (χ4v) is 2.82. The maximum Gasteiger partial charge on any atom is 0.414 e. The number of carbonyl (C=O) groups excluding carboxylic acids is 1. The van der Waals surface area contributed by atoms with E-state index in [1.54, 1.807) is 4.90 Å². The Labute approximate surface area is 113 Å². The topological polar surface area (TPSA) is 32.5 Å². The number of para-hydroxylation sites is 1. The summed E-state index contributed by atoms with van der Waals surface area (Å²) in [5.74, 6) is 0. The number of ether oxygens (including phenoxy) is 1. The van der Waals surface area contributed by atoms with Gasteiger partial charge in [-0.05, 0) is 39.4 Å². The largest absolute Gasteiger partial charge is 0.443 e. The highest BCUT2D eigenvalue weighted by molar-refractivity contribution is 5.90. The number of carbonyl (C=O) groups is 1. The van der Waals surface area contributed by atoms with Crippen molar-refractivity contribution in [1.29, 1.82) is 0 Å². The van der Waals surface area contributed by atoms with Crippen molar-refractivity contribution in [3.05, 3.63) is 29.8 Å². The van der Waals surface area contributed by atoms with Crippen LogP contribution < -0.4 is 4.90 Å². The molecule has 2 aliphatic rings. The van der Waals surface area contributed by atoms with Gasteiger partial charge in [0.2, 0.25) is 0 Å². The van der Waals surface area contributed by atoms with Gasteiger partial charge in [0, 0.05) is 12.6 Å². The number of anilines is 1. The van der Waals surface area contributed by atoms with Gasteiger partial charge in [-0.15, -0.1) is 0 Å². The van der Waals surface area contributed by atoms with E-state index in [4.69, 9.17) is 4.74 Å². The minimum absolute atomic E-state index is 0.251. The van der Waals surface area contributed by atoms with E-state index in [1.165, 1.54) is 5.56 Å². The second-order valence-corrected chi connectivity index (χ2v) is 6.33. The highest BCUT2D eigenvalue weighted by Gasteiger charge is 2.52. The summed E-state index contributed by atoms with van der Waals surface area (Å²) >= 11 is 0. The molecule has 0 saturated carbocycles. The van der Waals surface area contributed by atoms with E-state index in [0.717, 1.165) is 5.69 Å². The van der Waals surface area contributed by atoms with Crippen molar-refractivity contribution in [2.45, 2.75) is 38.5 Å². The molecule has 3 unspecified atom stereocenters. The summed E-state index contributed by atoms with van der Waals surface area (Å²) in [4.78, 5) is 16.4. The van der Waals surface area contributed by atoms with Crippen LogP contribution in [0.25, 0.3) is 0 Å². The molecule has 1 amide bonds. The zero-order valence-electron chi connectivity index (χ0n) is 11.9. The molecule has 3 rings (SSSR count). The van der Waals surface area contributed by atoms with E-state index in [9.17, 15) is 4.79 Å². The van der Waals surface area contributed by atoms with Crippen LogP contribution >= 0.6 is 0 Å². The Bertz CT molecular complexity index is 521. The molecule has 0 spiro atoms. The Hall–Kier alpha value is -1.55. The summed E-state index contributed by atoms with van der Waals surface area (Å²) in [5, 5.41) is 0. The van der Waals surface area contributed by atoms with Gasteiger partial charge >= 0.3 is 6.09 Å². The smallest absolute Gasteiger partial charge is 0.414 e. The molecule has 19 heavy (non-hydrogen) atoms. The van der Waals surface area contributed by atoms with Crippen LogP contribution in [0.1, 0.15) is 32.4 Å². The molecule has 1 aromatic rings. The van der Waals surface area contributed by atoms with Crippen LogP contribution in [0.4, 0.5) is 10.5 Å². The highest BCUT2D eigenvalue weighted by Crippen LogP contribution is 2.49. The summed E-state index contributed by atoms with van der Waals surface area (Å²) in [5.41, 5.74) is 1.76. The normalized spacial score (nSPS) is 28.4. The number of rotatable bonds is 0. The monoisotopic (exact) mass is 260 g/mol. The van der Waals surface area contributed by atoms with Crippen molar-refractivity contribution in [2.24, 2.45) is 0 Å². The average molecular weight is 260 g/mol. The van der Waals surface area contributed by atoms with Gasteiger partial charge in [0.25, 0.3) is 0 Å². The average Bonchev–Trinajstić information content (AvgIpc) is 2.97. The SMILES string of the molecule is CN1C2CN(C(=O)OC(C)(C)C)c3ccccc3C21. The predicted molar refractivity (Wildman–Crippen MR) is 74.3 cm³/mol. The van der Waals surface area contributed by atoms with Crippen LogP contribution in [0.3, 0.4) is 0 Å². The first kappa shape index (κ1) is 12.5. The molecule has 102 valence electrons. The summed E-state index contributed by atoms with van der Waals surface area (Å²) in [6, 6.07) is 9.01. The molecular formula is C15H20N2O2. The Morgan fingerprint density at radius 2 is 2.00 bits per heavy atom. The fourth-order valence-electron chi connectivity index (χ4n) is 2.82. The van der Waals surface area contributed by atoms with Crippen molar-refractivity contribution < 1.29 is 9.53 Å². The van der Waals surface area contributed by atoms with E-state index in [1.807, 2.05) is 39.0 Å². The Morgan fingerprint density at radius 1 is 1.32 bits per heavy atom. The maximum atomic E-state index is 12.3. The third-order valence-corrected chi connectivity index (χ3v) is 3.77. The fraction of sp³-hybridized carbons (Fsp3) is 0.533. The van der Waals surface area contributed by atoms with Crippen molar-refractivity contribution in [2.75, 3.05) is 18.5 Å². The molecule has 2 heterocycles. The number of amides is 1. The van der Waals surface area contributed by atoms with Crippen LogP contribution in [0.15, 0.2) is 24.3 Å². The second-order valence-electron chi connectivity index (χ2n) is 6.33. The van der Waals surface area contributed by atoms with Crippen LogP contribution in [0.5, 0.6) is 0 Å². The molecule has 1 aromatic carbocycles. The van der Waals surface area contributed by atoms with E-state index < -0.39 is 5.60 Å². The minimum atomic E-state index is -0.460. The Balaban J connectivity index is 1.91. The van der Waals surface area contributed by atoms with Crippen molar-refractivity contribution >= 4 is 11.8 Å². The van der Waals surface area contributed by atoms with E-state index in [2.05, 4.69) is 18.0 Å². The van der Waals surface area contributed by atoms with Gasteiger partial charge in [-0.3, -0.25) is 9.80 Å². The van der Waals surface area contributed by atoms with Gasteiger partial charge in [-0.1, -0.05) is 18.2 Å². The van der Waals surface area contributed by atoms with E-state index in [0.29, 0.717) is 18.6 Å². The van der Waals surface area contributed by atoms with Gasteiger partial charge in [0.05, 0.1) is 11.7 Å². The van der Waals surface area contributed by atoms with Crippen molar-refractivity contribution in [1.82, 2.24) is 4.90 Å². The summed E-state index contributed by atoms with van der Waals surface area (Å²) in [6.45, 7) is 6.40. The summed E-state index contributed by atoms with van der Waals surface area (Å²) < 4.78 is 5.50. The molecule has 0 radical (unpaired) electrons. The molecule has 4 heteroatoms. The molecule has 0 aromatic heterocycles. The highest BCUT2D eigenvalue weighted by atomic mass is 16.6. The molecule has 3 atom stereocenters. The number of nitrogens with zero attached hydrogens (tertiary/aromatic N) is 2. The number of hydrogen-bond acceptors (Lipinski definition) is 3. The van der Waals surface area contributed by atoms with Gasteiger partial charge in [0.15, 0.2) is 0 Å². The lowest BCUT2D eigenvalue weighted by Crippen LogP contribution is -2.41. The predicted octanol–water partition coefficient (Wildman–Crippen LogP) is 2.80. The Morgan fingerprint density at radius 3 is 2.68 bits per heavy atom. The lowest BCUT2D eigenvalue weighted by molar-refractivity contribution is 0.0578. The quantitative estimate of drug-likeness (QED) is 0.672. The van der Waals surface area contributed by atoms with Crippen LogP contribution in [-0.2, 0) is 4.74 Å². The first-order valence-corrected chi connectivity index (χ1v) is 6.70. The van der Waals surface area contributed by atoms with Gasteiger partial charge in [-0.25, -0.2) is 4.79 Å². The standard InChI is InChI=1S/C15H20N2O2/c1-15(2,3)19-14(18)17-9-12-13(16(12)4)10-7-5-6-8-11(10)17/h5-8,12-13H,9H2,1-4H3. The first-order valence-electron chi connectivity index (χ1n) is 6.70. The zero-order valence-corrected chi connectivity index (χ0v) is 11.9. The van der Waals surface area contributed by atoms with Crippen molar-refractivity contribution in [3.8, 4) is 0 Å². The number of fused-ring (bicyclic) bond motifs is 3. The minimum Gasteiger partial charge on any atom is -0.443 e. The zero-order chi connectivity index (χ0) is 13.8. The van der Waals surface area contributed by atoms with Crippen LogP contribution in [0.2, 0.25) is 0 Å². The molecule has 0 aliphatic carbocycles. The molecule has 1 fully saturated rings. The van der Waals surface area contributed by atoms with Gasteiger partial charge in [0.1, 0.15) is 5.60 Å². The number of benzene rings is 1. The lowest BCUT2D eigenvalue weighted by atomic mass is 10.0. The molecule has 0 N–H and O–H groups in total. The summed E-state index contributed by atoms with van der Waals surface area (Å²) in [6.07, 6.45) is -0.251. The molecule has 1 saturated heterocycles. The van der Waals surface area contributed by atoms with Crippen LogP contribution in [0, 0.1) is 0 Å². The van der Waals surface area contributed by atoms with Gasteiger partial charge in [-0.2, -0.15) is 0 Å². The van der Waals surface area contributed by atoms with E-state index >= 15 is 0 Å². The van der Waals surface area contributed by atoms with Crippen LogP contribution in [-0.4, -0.2) is 36.2 Å². The molecule has 0 bridgehead atoms. The third-order valence-electron chi connectivity index (χ3n) is 3.77. The third kappa shape index (κ3) is 2.10. The maximum absolute atomic E-state index is 12.3. The number of likely N-dealkylation sites (N-methyl/N-ethyl adjacent to an activating group) is 1. The number of hydrogen-bond donors (Lipinski definition) is 0. The molecule has 4 nitrogen and oxygen atoms in total. The summed E-state index contributed by atoms with van der Waals surface area (Å²) in [7, 11) is 2.10. The van der Waals surface area contributed by atoms with Crippen molar-refractivity contribution in [3.63, 3.8) is 0 Å². The first-order chi connectivity index (χ1) is 8.88. The lowest BCUT2D eigenvalue weighted by Gasteiger charge is -2.30. The molecular weight excluding hydrogens is 240 g/mol. The Kier molecular flexibility index (Phi) is 2.61. The van der Waals surface area contributed by atoms with Gasteiger partial charge < -0.3 is 4.74 Å². The molecule has 2 aliphatic heterocycles. The van der Waals surface area contributed by atoms with E-state index in [-0.39, 0.29) is 6.09 Å². The second kappa shape index (κ2) is 3.97.